The third kappa shape index (κ3) is 3.54. The fourth-order valence-corrected chi connectivity index (χ4v) is 5.56. The number of carbonyl (C=O) groups excluding carboxylic acids is 3. The molecule has 3 saturated heterocycles. The number of hydrogen-bond acceptors (Lipinski definition) is 5. The van der Waals surface area contributed by atoms with Crippen LogP contribution in [0.2, 0.25) is 0 Å². The quantitative estimate of drug-likeness (QED) is 0.479. The monoisotopic (exact) mass is 409 g/mol. The number of unbranched alkanes of at least 4 members (excludes halogenated alkanes) is 1. The lowest BCUT2D eigenvalue weighted by atomic mass is 9.70. The van der Waals surface area contributed by atoms with Crippen molar-refractivity contribution in [3.8, 4) is 0 Å². The van der Waals surface area contributed by atoms with Crippen molar-refractivity contribution >= 4 is 17.7 Å². The van der Waals surface area contributed by atoms with E-state index in [2.05, 4.69) is 10.6 Å². The number of ether oxygens (including phenoxy) is 1. The Morgan fingerprint density at radius 1 is 1.34 bits per heavy atom. The SMILES string of the molecule is CCCCNC(=O)C1N([C@@H](CO)CC(C)C)C(=O)[C@@H]2[C@H](C(=O)NC)[C@@H]3CCC12O3. The van der Waals surface area contributed by atoms with Crippen LogP contribution in [0.15, 0.2) is 0 Å². The van der Waals surface area contributed by atoms with Crippen LogP contribution in [-0.2, 0) is 19.1 Å². The van der Waals surface area contributed by atoms with Crippen LogP contribution in [0.4, 0.5) is 0 Å². The van der Waals surface area contributed by atoms with Crippen LogP contribution in [-0.4, -0.2) is 71.7 Å². The Hall–Kier alpha value is -1.67. The first kappa shape index (κ1) is 22.0. The number of aliphatic hydroxyl groups excluding tert-OH is 1. The minimum Gasteiger partial charge on any atom is -0.394 e. The number of rotatable bonds is 9. The van der Waals surface area contributed by atoms with Gasteiger partial charge in [0.05, 0.1) is 30.6 Å². The van der Waals surface area contributed by atoms with Gasteiger partial charge < -0.3 is 25.4 Å². The minimum atomic E-state index is -0.986. The van der Waals surface area contributed by atoms with Crippen LogP contribution in [0.1, 0.15) is 52.9 Å². The molecule has 2 unspecified atom stereocenters. The van der Waals surface area contributed by atoms with Crippen molar-refractivity contribution in [2.45, 2.75) is 76.7 Å². The molecule has 0 aromatic rings. The van der Waals surface area contributed by atoms with E-state index < -0.39 is 29.5 Å². The van der Waals surface area contributed by atoms with E-state index in [4.69, 9.17) is 4.74 Å². The molecule has 3 N–H and O–H groups in total. The van der Waals surface area contributed by atoms with E-state index in [-0.39, 0.29) is 36.4 Å². The molecular formula is C21H35N3O5. The third-order valence-corrected chi connectivity index (χ3v) is 6.71. The minimum absolute atomic E-state index is 0.216. The highest BCUT2D eigenvalue weighted by Gasteiger charge is 2.74. The fourth-order valence-electron chi connectivity index (χ4n) is 5.56. The molecule has 164 valence electrons. The highest BCUT2D eigenvalue weighted by atomic mass is 16.5. The molecule has 8 nitrogen and oxygen atoms in total. The molecule has 29 heavy (non-hydrogen) atoms. The average Bonchev–Trinajstić information content (AvgIpc) is 3.33. The van der Waals surface area contributed by atoms with Crippen molar-refractivity contribution < 1.29 is 24.2 Å². The molecule has 0 aromatic heterocycles. The summed E-state index contributed by atoms with van der Waals surface area (Å²) >= 11 is 0. The number of fused-ring (bicyclic) bond motifs is 1. The Kier molecular flexibility index (Phi) is 6.53. The lowest BCUT2D eigenvalue weighted by Gasteiger charge is -2.37. The number of likely N-dealkylation sites (tertiary alicyclic amines) is 1. The Labute approximate surface area is 172 Å². The van der Waals surface area contributed by atoms with Gasteiger partial charge in [-0.2, -0.15) is 0 Å². The van der Waals surface area contributed by atoms with Crippen LogP contribution < -0.4 is 10.6 Å². The molecule has 3 fully saturated rings. The van der Waals surface area contributed by atoms with Gasteiger partial charge in [-0.25, -0.2) is 0 Å². The maximum Gasteiger partial charge on any atom is 0.245 e. The van der Waals surface area contributed by atoms with Gasteiger partial charge in [-0.3, -0.25) is 14.4 Å². The van der Waals surface area contributed by atoms with Gasteiger partial charge in [-0.05, 0) is 31.6 Å². The summed E-state index contributed by atoms with van der Waals surface area (Å²) in [5.41, 5.74) is -0.986. The highest BCUT2D eigenvalue weighted by Crippen LogP contribution is 2.58. The first-order valence-corrected chi connectivity index (χ1v) is 10.9. The lowest BCUT2D eigenvalue weighted by Crippen LogP contribution is -2.58. The first-order chi connectivity index (χ1) is 13.8. The van der Waals surface area contributed by atoms with Gasteiger partial charge in [-0.15, -0.1) is 0 Å². The summed E-state index contributed by atoms with van der Waals surface area (Å²) in [6.45, 7) is 6.40. The van der Waals surface area contributed by atoms with Gasteiger partial charge >= 0.3 is 0 Å². The van der Waals surface area contributed by atoms with Gasteiger partial charge in [0.25, 0.3) is 0 Å². The molecule has 3 amide bonds. The van der Waals surface area contributed by atoms with Gasteiger partial charge in [0, 0.05) is 13.6 Å². The summed E-state index contributed by atoms with van der Waals surface area (Å²) in [6.07, 6.45) is 3.27. The van der Waals surface area contributed by atoms with E-state index in [1.807, 2.05) is 20.8 Å². The molecule has 3 rings (SSSR count). The summed E-state index contributed by atoms with van der Waals surface area (Å²) in [5, 5.41) is 15.7. The Bertz CT molecular complexity index is 654. The molecule has 2 bridgehead atoms. The standard InChI is InChI=1S/C21H35N3O5/c1-5-6-9-23-19(27)17-21-8-7-14(29-21)15(18(26)22-4)16(21)20(28)24(17)13(11-25)10-12(2)3/h12-17,25H,5-11H2,1-4H3,(H,22,26)(H,23,27)/t13-,14+,15-,16+,17?,21?/m1/s1. The van der Waals surface area contributed by atoms with Crippen LogP contribution in [0.3, 0.4) is 0 Å². The van der Waals surface area contributed by atoms with Crippen LogP contribution in [0.5, 0.6) is 0 Å². The number of carbonyl (C=O) groups is 3. The molecule has 0 radical (unpaired) electrons. The van der Waals surface area contributed by atoms with E-state index in [0.29, 0.717) is 25.8 Å². The molecule has 3 aliphatic rings. The van der Waals surface area contributed by atoms with Crippen LogP contribution in [0, 0.1) is 17.8 Å². The molecular weight excluding hydrogens is 374 g/mol. The van der Waals surface area contributed by atoms with Crippen molar-refractivity contribution in [1.29, 1.82) is 0 Å². The second-order valence-electron chi connectivity index (χ2n) is 9.03. The molecule has 6 atom stereocenters. The summed E-state index contributed by atoms with van der Waals surface area (Å²) in [7, 11) is 1.56. The van der Waals surface area contributed by atoms with Gasteiger partial charge in [-0.1, -0.05) is 27.2 Å². The maximum atomic E-state index is 13.6. The number of nitrogens with zero attached hydrogens (tertiary/aromatic N) is 1. The summed E-state index contributed by atoms with van der Waals surface area (Å²) < 4.78 is 6.29. The Morgan fingerprint density at radius 3 is 2.66 bits per heavy atom. The van der Waals surface area contributed by atoms with E-state index >= 15 is 0 Å². The molecule has 8 heteroatoms. The van der Waals surface area contributed by atoms with Crippen molar-refractivity contribution in [3.05, 3.63) is 0 Å². The van der Waals surface area contributed by atoms with E-state index in [9.17, 15) is 19.5 Å². The van der Waals surface area contributed by atoms with E-state index in [1.165, 1.54) is 0 Å². The topological polar surface area (TPSA) is 108 Å². The molecule has 0 aromatic carbocycles. The zero-order valence-electron chi connectivity index (χ0n) is 17.9. The predicted octanol–water partition coefficient (Wildman–Crippen LogP) is 0.430. The highest BCUT2D eigenvalue weighted by molar-refractivity contribution is 5.99. The zero-order valence-corrected chi connectivity index (χ0v) is 17.9. The normalized spacial score (nSPS) is 33.9. The summed E-state index contributed by atoms with van der Waals surface area (Å²) in [5.74, 6) is -1.72. The number of aliphatic hydroxyl groups is 1. The van der Waals surface area contributed by atoms with Gasteiger partial charge in [0.1, 0.15) is 11.6 Å². The van der Waals surface area contributed by atoms with Gasteiger partial charge in [0.2, 0.25) is 17.7 Å². The first-order valence-electron chi connectivity index (χ1n) is 10.9. The fraction of sp³-hybridized carbons (Fsp3) is 0.857. The van der Waals surface area contributed by atoms with Crippen LogP contribution in [0.25, 0.3) is 0 Å². The zero-order chi connectivity index (χ0) is 21.3. The van der Waals surface area contributed by atoms with Gasteiger partial charge in [0.15, 0.2) is 0 Å². The predicted molar refractivity (Wildman–Crippen MR) is 107 cm³/mol. The van der Waals surface area contributed by atoms with Crippen LogP contribution >= 0.6 is 0 Å². The maximum absolute atomic E-state index is 13.6. The molecule has 0 aliphatic carbocycles. The lowest BCUT2D eigenvalue weighted by molar-refractivity contribution is -0.146. The van der Waals surface area contributed by atoms with Crippen molar-refractivity contribution in [1.82, 2.24) is 15.5 Å². The second-order valence-corrected chi connectivity index (χ2v) is 9.03. The number of amides is 3. The molecule has 0 saturated carbocycles. The Morgan fingerprint density at radius 2 is 2.07 bits per heavy atom. The second kappa shape index (κ2) is 8.60. The molecule has 1 spiro atoms. The van der Waals surface area contributed by atoms with E-state index in [0.717, 1.165) is 12.8 Å². The summed E-state index contributed by atoms with van der Waals surface area (Å²) in [6, 6.07) is -1.29. The van der Waals surface area contributed by atoms with Crippen molar-refractivity contribution in [3.63, 3.8) is 0 Å². The third-order valence-electron chi connectivity index (χ3n) is 6.71. The average molecular weight is 410 g/mol. The van der Waals surface area contributed by atoms with Crippen molar-refractivity contribution in [2.75, 3.05) is 20.2 Å². The largest absolute Gasteiger partial charge is 0.394 e. The summed E-state index contributed by atoms with van der Waals surface area (Å²) in [4.78, 5) is 41.0. The number of hydrogen-bond donors (Lipinski definition) is 3. The number of nitrogens with one attached hydrogen (secondary N) is 2. The molecule has 3 aliphatic heterocycles. The molecule has 3 heterocycles. The Balaban J connectivity index is 1.99. The van der Waals surface area contributed by atoms with Crippen molar-refractivity contribution in [2.24, 2.45) is 17.8 Å². The van der Waals surface area contributed by atoms with E-state index in [1.54, 1.807) is 11.9 Å². The smallest absolute Gasteiger partial charge is 0.245 e.